The number of halogens is 1. The van der Waals surface area contributed by atoms with E-state index in [1.165, 1.54) is 21.1 Å². The van der Waals surface area contributed by atoms with E-state index in [-0.39, 0.29) is 5.78 Å². The van der Waals surface area contributed by atoms with Crippen molar-refractivity contribution in [3.8, 4) is 11.5 Å². The normalized spacial score (nSPS) is 9.71. The average Bonchev–Trinajstić information content (AvgIpc) is 2.15. The maximum Gasteiger partial charge on any atom is 0.165 e. The van der Waals surface area contributed by atoms with E-state index in [4.69, 9.17) is 21.1 Å². The zero-order chi connectivity index (χ0) is 10.7. The fourth-order valence-electron chi connectivity index (χ4n) is 1.18. The van der Waals surface area contributed by atoms with Gasteiger partial charge in [0.05, 0.1) is 24.8 Å². The summed E-state index contributed by atoms with van der Waals surface area (Å²) in [6.45, 7) is 1.44. The van der Waals surface area contributed by atoms with Gasteiger partial charge in [-0.3, -0.25) is 4.79 Å². The number of hydrogen-bond donors (Lipinski definition) is 0. The van der Waals surface area contributed by atoms with Crippen molar-refractivity contribution in [2.75, 3.05) is 14.2 Å². The number of hydrogen-bond acceptors (Lipinski definition) is 3. The highest BCUT2D eigenvalue weighted by Crippen LogP contribution is 2.32. The molecule has 0 N–H and O–H groups in total. The lowest BCUT2D eigenvalue weighted by Crippen LogP contribution is -1.99. The fourth-order valence-corrected chi connectivity index (χ4v) is 1.51. The first kappa shape index (κ1) is 10.9. The number of Topliss-reactive ketones (excluding diaryl/α,β-unsaturated/α-hetero) is 1. The summed E-state index contributed by atoms with van der Waals surface area (Å²) in [4.78, 5) is 11.2. The van der Waals surface area contributed by atoms with Crippen LogP contribution in [0.3, 0.4) is 0 Å². The summed E-state index contributed by atoms with van der Waals surface area (Å²) in [7, 11) is 3.01. The fraction of sp³-hybridized carbons (Fsp3) is 0.300. The van der Waals surface area contributed by atoms with Gasteiger partial charge in [-0.05, 0) is 13.0 Å². The zero-order valence-electron chi connectivity index (χ0n) is 8.26. The second kappa shape index (κ2) is 4.33. The zero-order valence-corrected chi connectivity index (χ0v) is 9.01. The first-order valence-electron chi connectivity index (χ1n) is 4.02. The Morgan fingerprint density at radius 1 is 1.29 bits per heavy atom. The Balaban J connectivity index is 3.34. The molecule has 1 rings (SSSR count). The molecule has 0 heterocycles. The highest BCUT2D eigenvalue weighted by molar-refractivity contribution is 6.34. The Morgan fingerprint density at radius 2 is 1.93 bits per heavy atom. The van der Waals surface area contributed by atoms with Gasteiger partial charge in [-0.2, -0.15) is 0 Å². The number of methoxy groups -OCH3 is 2. The molecule has 0 radical (unpaired) electrons. The molecule has 0 aliphatic heterocycles. The van der Waals surface area contributed by atoms with Crippen molar-refractivity contribution in [3.63, 3.8) is 0 Å². The molecule has 76 valence electrons. The predicted molar refractivity (Wildman–Crippen MR) is 54.6 cm³/mol. The molecule has 4 heteroatoms. The third kappa shape index (κ3) is 1.99. The van der Waals surface area contributed by atoms with Crippen molar-refractivity contribution < 1.29 is 14.3 Å². The van der Waals surface area contributed by atoms with Crippen molar-refractivity contribution in [1.29, 1.82) is 0 Å². The van der Waals surface area contributed by atoms with Gasteiger partial charge in [0.2, 0.25) is 0 Å². The maximum absolute atomic E-state index is 11.2. The summed E-state index contributed by atoms with van der Waals surface area (Å²) >= 11 is 5.91. The number of benzene rings is 1. The second-order valence-electron chi connectivity index (χ2n) is 2.74. The van der Waals surface area contributed by atoms with Crippen LogP contribution in [0.25, 0.3) is 0 Å². The summed E-state index contributed by atoms with van der Waals surface area (Å²) in [6.07, 6.45) is 0. The molecule has 0 aromatic heterocycles. The smallest absolute Gasteiger partial charge is 0.165 e. The maximum atomic E-state index is 11.2. The first-order valence-corrected chi connectivity index (χ1v) is 4.40. The van der Waals surface area contributed by atoms with E-state index < -0.39 is 0 Å². The summed E-state index contributed by atoms with van der Waals surface area (Å²) in [5.74, 6) is 0.869. The van der Waals surface area contributed by atoms with Gasteiger partial charge in [0.1, 0.15) is 11.5 Å². The van der Waals surface area contributed by atoms with Gasteiger partial charge in [0, 0.05) is 6.07 Å². The van der Waals surface area contributed by atoms with E-state index >= 15 is 0 Å². The molecule has 0 fully saturated rings. The molecule has 0 atom stereocenters. The number of ether oxygens (including phenoxy) is 2. The quantitative estimate of drug-likeness (QED) is 0.726. The number of ketones is 1. The van der Waals surface area contributed by atoms with Gasteiger partial charge < -0.3 is 9.47 Å². The standard InChI is InChI=1S/C10H11ClO3/c1-6(12)10-8(11)4-7(13-2)5-9(10)14-3/h4-5H,1-3H3. The molecular formula is C10H11ClO3. The van der Waals surface area contributed by atoms with E-state index in [2.05, 4.69) is 0 Å². The van der Waals surface area contributed by atoms with Crippen LogP contribution in [0.2, 0.25) is 5.02 Å². The summed E-state index contributed by atoms with van der Waals surface area (Å²) in [6, 6.07) is 3.21. The van der Waals surface area contributed by atoms with Gasteiger partial charge in [-0.1, -0.05) is 11.6 Å². The molecule has 0 spiro atoms. The number of rotatable bonds is 3. The van der Waals surface area contributed by atoms with Gasteiger partial charge in [-0.15, -0.1) is 0 Å². The molecule has 14 heavy (non-hydrogen) atoms. The van der Waals surface area contributed by atoms with E-state index in [0.717, 1.165) is 0 Å². The van der Waals surface area contributed by atoms with Crippen LogP contribution in [-0.4, -0.2) is 20.0 Å². The molecule has 0 saturated heterocycles. The van der Waals surface area contributed by atoms with Gasteiger partial charge in [-0.25, -0.2) is 0 Å². The van der Waals surface area contributed by atoms with Crippen molar-refractivity contribution in [2.24, 2.45) is 0 Å². The Kier molecular flexibility index (Phi) is 3.36. The third-order valence-electron chi connectivity index (χ3n) is 1.84. The minimum atomic E-state index is -0.130. The van der Waals surface area contributed by atoms with Crippen molar-refractivity contribution in [2.45, 2.75) is 6.92 Å². The Morgan fingerprint density at radius 3 is 2.36 bits per heavy atom. The largest absolute Gasteiger partial charge is 0.497 e. The summed E-state index contributed by atoms with van der Waals surface area (Å²) in [5, 5.41) is 0.341. The Hall–Kier alpha value is -1.22. The minimum Gasteiger partial charge on any atom is -0.497 e. The van der Waals surface area contributed by atoms with Crippen LogP contribution in [0, 0.1) is 0 Å². The Bertz CT molecular complexity index is 361. The summed E-state index contributed by atoms with van der Waals surface area (Å²) < 4.78 is 10.0. The molecule has 1 aromatic carbocycles. The van der Waals surface area contributed by atoms with Gasteiger partial charge in [0.25, 0.3) is 0 Å². The van der Waals surface area contributed by atoms with Crippen molar-refractivity contribution >= 4 is 17.4 Å². The van der Waals surface area contributed by atoms with Crippen LogP contribution in [0.4, 0.5) is 0 Å². The monoisotopic (exact) mass is 214 g/mol. The number of carbonyl (C=O) groups excluding carboxylic acids is 1. The lowest BCUT2D eigenvalue weighted by atomic mass is 10.1. The molecule has 0 saturated carbocycles. The number of carbonyl (C=O) groups is 1. The molecule has 0 bridgehead atoms. The highest BCUT2D eigenvalue weighted by Gasteiger charge is 2.14. The van der Waals surface area contributed by atoms with Crippen LogP contribution in [0.15, 0.2) is 12.1 Å². The average molecular weight is 215 g/mol. The van der Waals surface area contributed by atoms with E-state index in [1.54, 1.807) is 12.1 Å². The SMILES string of the molecule is COc1cc(Cl)c(C(C)=O)c(OC)c1. The van der Waals surface area contributed by atoms with Crippen molar-refractivity contribution in [3.05, 3.63) is 22.7 Å². The van der Waals surface area contributed by atoms with Crippen LogP contribution < -0.4 is 9.47 Å². The van der Waals surface area contributed by atoms with Crippen LogP contribution in [-0.2, 0) is 0 Å². The van der Waals surface area contributed by atoms with E-state index in [0.29, 0.717) is 22.1 Å². The van der Waals surface area contributed by atoms with Crippen LogP contribution >= 0.6 is 11.6 Å². The lowest BCUT2D eigenvalue weighted by molar-refractivity contribution is 0.101. The molecule has 3 nitrogen and oxygen atoms in total. The molecule has 0 aliphatic rings. The van der Waals surface area contributed by atoms with E-state index in [1.807, 2.05) is 0 Å². The van der Waals surface area contributed by atoms with Gasteiger partial charge >= 0.3 is 0 Å². The van der Waals surface area contributed by atoms with Crippen molar-refractivity contribution in [1.82, 2.24) is 0 Å². The highest BCUT2D eigenvalue weighted by atomic mass is 35.5. The summed E-state index contributed by atoms with van der Waals surface area (Å²) in [5.41, 5.74) is 0.384. The minimum absolute atomic E-state index is 0.130. The predicted octanol–water partition coefficient (Wildman–Crippen LogP) is 2.56. The molecule has 1 aromatic rings. The molecule has 0 amide bonds. The lowest BCUT2D eigenvalue weighted by Gasteiger charge is -2.09. The van der Waals surface area contributed by atoms with E-state index in [9.17, 15) is 4.79 Å². The van der Waals surface area contributed by atoms with Crippen LogP contribution in [0.1, 0.15) is 17.3 Å². The first-order chi connectivity index (χ1) is 6.60. The third-order valence-corrected chi connectivity index (χ3v) is 2.13. The molecule has 0 unspecified atom stereocenters. The van der Waals surface area contributed by atoms with Crippen LogP contribution in [0.5, 0.6) is 11.5 Å². The topological polar surface area (TPSA) is 35.5 Å². The molecular weight excluding hydrogens is 204 g/mol. The Labute approximate surface area is 87.6 Å². The van der Waals surface area contributed by atoms with Gasteiger partial charge in [0.15, 0.2) is 5.78 Å². The second-order valence-corrected chi connectivity index (χ2v) is 3.15. The molecule has 0 aliphatic carbocycles.